The van der Waals surface area contributed by atoms with E-state index in [1.54, 1.807) is 0 Å². The van der Waals surface area contributed by atoms with E-state index in [1.165, 1.54) is 17.2 Å². The second-order valence-corrected chi connectivity index (χ2v) is 7.63. The fourth-order valence-corrected chi connectivity index (χ4v) is 3.75. The molecule has 1 aliphatic heterocycles. The summed E-state index contributed by atoms with van der Waals surface area (Å²) in [5.74, 6) is 0.349. The minimum atomic E-state index is -1.50. The van der Waals surface area contributed by atoms with Crippen LogP contribution in [0.3, 0.4) is 0 Å². The van der Waals surface area contributed by atoms with Crippen molar-refractivity contribution in [1.82, 2.24) is 15.1 Å². The zero-order valence-corrected chi connectivity index (χ0v) is 15.5. The number of nitriles is 1. The van der Waals surface area contributed by atoms with E-state index in [2.05, 4.69) is 24.0 Å². The summed E-state index contributed by atoms with van der Waals surface area (Å²) in [6, 6.07) is 11.1. The molecule has 1 fully saturated rings. The number of carbonyl (C=O) groups is 1. The van der Waals surface area contributed by atoms with Gasteiger partial charge in [-0.15, -0.1) is 5.10 Å². The average Bonchev–Trinajstić information content (AvgIpc) is 2.64. The van der Waals surface area contributed by atoms with Gasteiger partial charge in [0.1, 0.15) is 11.7 Å². The number of benzene rings is 1. The van der Waals surface area contributed by atoms with Crippen molar-refractivity contribution in [3.05, 3.63) is 58.9 Å². The third-order valence-electron chi connectivity index (χ3n) is 5.41. The van der Waals surface area contributed by atoms with E-state index in [1.807, 2.05) is 37.3 Å². The van der Waals surface area contributed by atoms with Crippen molar-refractivity contribution in [1.29, 1.82) is 5.26 Å². The zero-order valence-electron chi connectivity index (χ0n) is 15.5. The van der Waals surface area contributed by atoms with Crippen LogP contribution in [0.4, 0.5) is 4.79 Å². The molecule has 7 nitrogen and oxygen atoms in total. The predicted molar refractivity (Wildman–Crippen MR) is 98.0 cm³/mol. The van der Waals surface area contributed by atoms with Crippen LogP contribution in [-0.4, -0.2) is 44.5 Å². The highest BCUT2D eigenvalue weighted by Gasteiger charge is 2.57. The smallest absolute Gasteiger partial charge is 0.407 e. The molecule has 1 aromatic carbocycles. The third kappa shape index (κ3) is 3.02. The Morgan fingerprint density at radius 1 is 1.30 bits per heavy atom. The lowest BCUT2D eigenvalue weighted by molar-refractivity contribution is -0.124. The van der Waals surface area contributed by atoms with Crippen LogP contribution < -0.4 is 0 Å². The summed E-state index contributed by atoms with van der Waals surface area (Å²) in [4.78, 5) is 12.5. The van der Waals surface area contributed by atoms with E-state index in [4.69, 9.17) is 5.26 Å². The number of rotatable bonds is 4. The van der Waals surface area contributed by atoms with Gasteiger partial charge in [-0.3, -0.25) is 0 Å². The van der Waals surface area contributed by atoms with Crippen molar-refractivity contribution >= 4 is 6.09 Å². The predicted octanol–water partition coefficient (Wildman–Crippen LogP) is 2.71. The molecule has 3 rings (SSSR count). The van der Waals surface area contributed by atoms with Gasteiger partial charge < -0.3 is 15.1 Å². The van der Waals surface area contributed by atoms with Gasteiger partial charge in [-0.25, -0.2) is 4.79 Å². The zero-order chi connectivity index (χ0) is 19.8. The number of nitrogens with zero attached hydrogens (tertiary/aromatic N) is 4. The second kappa shape index (κ2) is 6.63. The van der Waals surface area contributed by atoms with Gasteiger partial charge in [-0.05, 0) is 23.1 Å². The van der Waals surface area contributed by atoms with E-state index in [-0.39, 0.29) is 18.8 Å². The highest BCUT2D eigenvalue weighted by molar-refractivity contribution is 5.67. The quantitative estimate of drug-likeness (QED) is 0.861. The first-order valence-corrected chi connectivity index (χ1v) is 8.75. The molecule has 1 atom stereocenters. The van der Waals surface area contributed by atoms with Gasteiger partial charge in [0.2, 0.25) is 0 Å². The van der Waals surface area contributed by atoms with Crippen LogP contribution in [0.15, 0.2) is 36.5 Å². The number of aromatic nitrogens is 2. The summed E-state index contributed by atoms with van der Waals surface area (Å²) in [6.45, 7) is 6.37. The van der Waals surface area contributed by atoms with Crippen molar-refractivity contribution in [3.63, 3.8) is 0 Å². The summed E-state index contributed by atoms with van der Waals surface area (Å²) in [5.41, 5.74) is 0.0341. The Morgan fingerprint density at radius 3 is 2.44 bits per heavy atom. The molecule has 2 heterocycles. The maximum absolute atomic E-state index is 11.9. The SMILES string of the molecule is CC(C)c1ccc([C@](O)(c2cnnc(C#N)c2)C2(C)CN(C(=O)O)C2)cc1. The Bertz CT molecular complexity index is 898. The van der Waals surface area contributed by atoms with Crippen molar-refractivity contribution in [2.24, 2.45) is 5.41 Å². The molecule has 0 spiro atoms. The number of hydrogen-bond acceptors (Lipinski definition) is 5. The molecule has 2 aromatic rings. The van der Waals surface area contributed by atoms with E-state index >= 15 is 0 Å². The molecule has 7 heteroatoms. The summed E-state index contributed by atoms with van der Waals surface area (Å²) < 4.78 is 0. The fourth-order valence-electron chi connectivity index (χ4n) is 3.75. The van der Waals surface area contributed by atoms with Crippen LogP contribution in [0.2, 0.25) is 0 Å². The van der Waals surface area contributed by atoms with Gasteiger partial charge in [-0.1, -0.05) is 45.0 Å². The monoisotopic (exact) mass is 366 g/mol. The van der Waals surface area contributed by atoms with Gasteiger partial charge in [0, 0.05) is 24.1 Å². The fraction of sp³-hybridized carbons (Fsp3) is 0.400. The van der Waals surface area contributed by atoms with Gasteiger partial charge in [-0.2, -0.15) is 10.4 Å². The largest absolute Gasteiger partial charge is 0.465 e. The molecule has 0 radical (unpaired) electrons. The van der Waals surface area contributed by atoms with Gasteiger partial charge in [0.05, 0.1) is 6.20 Å². The van der Waals surface area contributed by atoms with Crippen LogP contribution >= 0.6 is 0 Å². The highest BCUT2D eigenvalue weighted by Crippen LogP contribution is 2.50. The number of amides is 1. The summed E-state index contributed by atoms with van der Waals surface area (Å²) in [5, 5.41) is 37.9. The van der Waals surface area contributed by atoms with E-state index in [9.17, 15) is 15.0 Å². The van der Waals surface area contributed by atoms with Gasteiger partial charge in [0.15, 0.2) is 5.69 Å². The number of hydrogen-bond donors (Lipinski definition) is 2. The molecule has 2 N–H and O–H groups in total. The van der Waals surface area contributed by atoms with Crippen LogP contribution in [-0.2, 0) is 5.60 Å². The average molecular weight is 366 g/mol. The Morgan fingerprint density at radius 2 is 1.93 bits per heavy atom. The summed E-state index contributed by atoms with van der Waals surface area (Å²) in [6.07, 6.45) is 0.418. The first kappa shape index (κ1) is 18.8. The van der Waals surface area contributed by atoms with Crippen LogP contribution in [0.1, 0.15) is 49.1 Å². The first-order valence-electron chi connectivity index (χ1n) is 8.75. The van der Waals surface area contributed by atoms with E-state index in [0.717, 1.165) is 5.56 Å². The Labute approximate surface area is 157 Å². The molecular formula is C20H22N4O3. The Kier molecular flexibility index (Phi) is 4.62. The first-order chi connectivity index (χ1) is 12.7. The third-order valence-corrected chi connectivity index (χ3v) is 5.41. The molecule has 140 valence electrons. The molecule has 1 amide bonds. The van der Waals surface area contributed by atoms with E-state index < -0.39 is 17.1 Å². The van der Waals surface area contributed by atoms with Crippen LogP contribution in [0, 0.1) is 16.7 Å². The molecule has 1 aliphatic rings. The number of aliphatic hydroxyl groups is 1. The standard InChI is InChI=1S/C20H22N4O3/c1-13(2)14-4-6-15(7-5-14)20(27,16-8-17(9-21)23-22-10-16)19(3)11-24(12-19)18(25)26/h4-8,10,13,27H,11-12H2,1-3H3,(H,25,26)/t20-/m0/s1. The molecular weight excluding hydrogens is 344 g/mol. The van der Waals surface area contributed by atoms with E-state index in [0.29, 0.717) is 17.0 Å². The minimum absolute atomic E-state index is 0.0998. The molecule has 0 bridgehead atoms. The molecule has 1 saturated heterocycles. The molecule has 0 unspecified atom stereocenters. The van der Waals surface area contributed by atoms with Crippen molar-refractivity contribution < 1.29 is 15.0 Å². The van der Waals surface area contributed by atoms with Gasteiger partial charge in [0.25, 0.3) is 0 Å². The highest BCUT2D eigenvalue weighted by atomic mass is 16.4. The molecule has 27 heavy (non-hydrogen) atoms. The van der Waals surface area contributed by atoms with Gasteiger partial charge >= 0.3 is 6.09 Å². The molecule has 0 aliphatic carbocycles. The van der Waals surface area contributed by atoms with Crippen LogP contribution in [0.5, 0.6) is 0 Å². The lowest BCUT2D eigenvalue weighted by Gasteiger charge is -2.55. The number of likely N-dealkylation sites (tertiary alicyclic amines) is 1. The number of carboxylic acid groups (broad SMARTS) is 1. The maximum Gasteiger partial charge on any atom is 0.407 e. The summed E-state index contributed by atoms with van der Waals surface area (Å²) >= 11 is 0. The molecule has 1 aromatic heterocycles. The maximum atomic E-state index is 11.9. The van der Waals surface area contributed by atoms with Crippen molar-refractivity contribution in [3.8, 4) is 6.07 Å². The topological polar surface area (TPSA) is 110 Å². The van der Waals surface area contributed by atoms with Crippen LogP contribution in [0.25, 0.3) is 0 Å². The van der Waals surface area contributed by atoms with Crippen molar-refractivity contribution in [2.75, 3.05) is 13.1 Å². The normalized spacial score (nSPS) is 17.7. The Balaban J connectivity index is 2.12. The van der Waals surface area contributed by atoms with Crippen molar-refractivity contribution in [2.45, 2.75) is 32.3 Å². The lowest BCUT2D eigenvalue weighted by Crippen LogP contribution is -2.66. The Hall–Kier alpha value is -2.98. The lowest BCUT2D eigenvalue weighted by atomic mass is 9.62. The molecule has 0 saturated carbocycles. The second-order valence-electron chi connectivity index (χ2n) is 7.63. The summed E-state index contributed by atoms with van der Waals surface area (Å²) in [7, 11) is 0. The minimum Gasteiger partial charge on any atom is -0.465 e.